The molecule has 0 unspecified atom stereocenters. The van der Waals surface area contributed by atoms with Crippen LogP contribution in [0.2, 0.25) is 0 Å². The highest BCUT2D eigenvalue weighted by Gasteiger charge is 2.34. The van der Waals surface area contributed by atoms with E-state index in [4.69, 9.17) is 0 Å². The molecule has 0 radical (unpaired) electrons. The molecule has 0 bridgehead atoms. The first-order chi connectivity index (χ1) is 18.8. The van der Waals surface area contributed by atoms with Crippen LogP contribution < -0.4 is 0 Å². The van der Waals surface area contributed by atoms with E-state index < -0.39 is 0 Å². The highest BCUT2D eigenvalue weighted by molar-refractivity contribution is 6.26. The lowest BCUT2D eigenvalue weighted by atomic mass is 9.94. The van der Waals surface area contributed by atoms with Gasteiger partial charge < -0.3 is 4.48 Å². The maximum atomic E-state index is 13.2. The van der Waals surface area contributed by atoms with Gasteiger partial charge in [0.2, 0.25) is 0 Å². The number of carbonyl (C=O) groups excluding carboxylic acids is 4. The van der Waals surface area contributed by atoms with E-state index in [-0.39, 0.29) is 23.6 Å². The van der Waals surface area contributed by atoms with Crippen LogP contribution in [0.4, 0.5) is 0 Å². The van der Waals surface area contributed by atoms with Crippen molar-refractivity contribution in [2.24, 2.45) is 0 Å². The van der Waals surface area contributed by atoms with E-state index in [1.165, 1.54) is 9.80 Å². The average Bonchev–Trinajstić information content (AvgIpc) is 2.93. The van der Waals surface area contributed by atoms with Crippen molar-refractivity contribution >= 4 is 45.2 Å². The van der Waals surface area contributed by atoms with Crippen molar-refractivity contribution in [2.75, 3.05) is 40.3 Å². The van der Waals surface area contributed by atoms with Gasteiger partial charge in [-0.3, -0.25) is 29.0 Å². The molecule has 196 valence electrons. The molecule has 4 aromatic rings. The van der Waals surface area contributed by atoms with Gasteiger partial charge in [-0.1, -0.05) is 48.5 Å². The number of rotatable bonds is 8. The summed E-state index contributed by atoms with van der Waals surface area (Å²) in [6, 6.07) is 22.2. The summed E-state index contributed by atoms with van der Waals surface area (Å²) in [5.41, 5.74) is 2.29. The fraction of sp³-hybridized carbons (Fsp3) is 0.250. The van der Waals surface area contributed by atoms with Gasteiger partial charge in [-0.2, -0.15) is 0 Å². The Kier molecular flexibility index (Phi) is 6.03. The van der Waals surface area contributed by atoms with E-state index in [1.54, 1.807) is 24.3 Å². The largest absolute Gasteiger partial charge is 0.328 e. The summed E-state index contributed by atoms with van der Waals surface area (Å²) in [5, 5.41) is 3.27. The van der Waals surface area contributed by atoms with Crippen LogP contribution in [0.15, 0.2) is 72.8 Å². The molecule has 0 saturated heterocycles. The molecule has 4 aromatic carbocycles. The lowest BCUT2D eigenvalue weighted by molar-refractivity contribution is -0.890. The van der Waals surface area contributed by atoms with Crippen LogP contribution in [0.1, 0.15) is 54.3 Å². The fourth-order valence-electron chi connectivity index (χ4n) is 5.99. The van der Waals surface area contributed by atoms with Gasteiger partial charge in [0.05, 0.1) is 27.2 Å². The van der Waals surface area contributed by atoms with Crippen LogP contribution in [0.5, 0.6) is 0 Å². The Bertz CT molecular complexity index is 1470. The van der Waals surface area contributed by atoms with Crippen LogP contribution >= 0.6 is 0 Å². The number of hydrogen-bond acceptors (Lipinski definition) is 4. The number of hydrogen-bond donors (Lipinski definition) is 0. The normalized spacial score (nSPS) is 15.1. The molecule has 2 heterocycles. The average molecular weight is 521 g/mol. The van der Waals surface area contributed by atoms with E-state index in [1.807, 2.05) is 48.5 Å². The fourth-order valence-corrected chi connectivity index (χ4v) is 5.99. The lowest BCUT2D eigenvalue weighted by Gasteiger charge is -2.33. The molecule has 0 spiro atoms. The second-order valence-corrected chi connectivity index (χ2v) is 11.0. The van der Waals surface area contributed by atoms with Crippen molar-refractivity contribution in [3.8, 4) is 0 Å². The number of imide groups is 2. The van der Waals surface area contributed by atoms with E-state index >= 15 is 0 Å². The first kappa shape index (κ1) is 24.9. The number of benzene rings is 4. The van der Waals surface area contributed by atoms with Gasteiger partial charge in [-0.15, -0.1) is 0 Å². The predicted molar refractivity (Wildman–Crippen MR) is 150 cm³/mol. The molecule has 0 saturated carbocycles. The minimum Gasteiger partial charge on any atom is -0.328 e. The van der Waals surface area contributed by atoms with Crippen LogP contribution in [0.25, 0.3) is 21.5 Å². The topological polar surface area (TPSA) is 74.8 Å². The maximum absolute atomic E-state index is 13.2. The maximum Gasteiger partial charge on any atom is 0.261 e. The Hall–Kier alpha value is -4.36. The third-order valence-corrected chi connectivity index (χ3v) is 8.00. The molecule has 0 aliphatic carbocycles. The van der Waals surface area contributed by atoms with Crippen LogP contribution in [-0.2, 0) is 0 Å². The molecule has 2 aliphatic rings. The molecule has 6 rings (SSSR count). The zero-order chi connectivity index (χ0) is 27.3. The first-order valence-corrected chi connectivity index (χ1v) is 13.3. The molecule has 4 amide bonds. The quantitative estimate of drug-likeness (QED) is 0.248. The smallest absolute Gasteiger partial charge is 0.261 e. The van der Waals surface area contributed by atoms with Crippen molar-refractivity contribution in [3.05, 3.63) is 95.1 Å². The molecule has 0 atom stereocenters. The van der Waals surface area contributed by atoms with Gasteiger partial charge in [0, 0.05) is 59.0 Å². The Morgan fingerprint density at radius 3 is 1.13 bits per heavy atom. The molecule has 7 heteroatoms. The van der Waals surface area contributed by atoms with Crippen LogP contribution in [0.3, 0.4) is 0 Å². The van der Waals surface area contributed by atoms with Crippen molar-refractivity contribution in [2.45, 2.75) is 12.8 Å². The zero-order valence-corrected chi connectivity index (χ0v) is 22.1. The molecule has 0 N–H and O–H groups in total. The highest BCUT2D eigenvalue weighted by atomic mass is 16.2. The minimum absolute atomic E-state index is 0.243. The summed E-state index contributed by atoms with van der Waals surface area (Å²) in [4.78, 5) is 55.4. The summed E-state index contributed by atoms with van der Waals surface area (Å²) in [5.74, 6) is -0.974. The number of carbonyl (C=O) groups is 4. The Balaban J connectivity index is 1.07. The first-order valence-electron chi connectivity index (χ1n) is 13.3. The summed E-state index contributed by atoms with van der Waals surface area (Å²) in [7, 11) is 4.18. The van der Waals surface area contributed by atoms with E-state index in [0.29, 0.717) is 52.7 Å². The SMILES string of the molecule is C[N+](C)(CCCN1C(=O)c2cccc3cccc(c23)C1=O)CCCN1C(=O)c2cccc3cccc(c23)C1=O. The Morgan fingerprint density at radius 2 is 0.821 bits per heavy atom. The number of quaternary nitrogens is 1. The van der Waals surface area contributed by atoms with Crippen LogP contribution in [0, 0.1) is 0 Å². The monoisotopic (exact) mass is 520 g/mol. The lowest BCUT2D eigenvalue weighted by Crippen LogP contribution is -2.47. The number of nitrogens with zero attached hydrogens (tertiary/aromatic N) is 3. The Labute approximate surface area is 226 Å². The van der Waals surface area contributed by atoms with E-state index in [0.717, 1.165) is 34.6 Å². The predicted octanol–water partition coefficient (Wildman–Crippen LogP) is 4.74. The molecule has 7 nitrogen and oxygen atoms in total. The summed E-state index contributed by atoms with van der Waals surface area (Å²) < 4.78 is 0.644. The summed E-state index contributed by atoms with van der Waals surface area (Å²) in [6.07, 6.45) is 1.30. The zero-order valence-electron chi connectivity index (χ0n) is 22.1. The second-order valence-electron chi connectivity index (χ2n) is 11.0. The van der Waals surface area contributed by atoms with Crippen molar-refractivity contribution in [1.29, 1.82) is 0 Å². The minimum atomic E-state index is -0.243. The summed E-state index contributed by atoms with van der Waals surface area (Å²) >= 11 is 0. The third kappa shape index (κ3) is 4.19. The number of amides is 4. The molecule has 0 aromatic heterocycles. The second kappa shape index (κ2) is 9.43. The van der Waals surface area contributed by atoms with E-state index in [2.05, 4.69) is 14.1 Å². The van der Waals surface area contributed by atoms with Crippen LogP contribution in [-0.4, -0.2) is 78.2 Å². The van der Waals surface area contributed by atoms with Crippen molar-refractivity contribution < 1.29 is 23.7 Å². The van der Waals surface area contributed by atoms with Gasteiger partial charge in [0.1, 0.15) is 0 Å². The third-order valence-electron chi connectivity index (χ3n) is 8.00. The molecule has 0 fully saturated rings. The van der Waals surface area contributed by atoms with Gasteiger partial charge in [0.15, 0.2) is 0 Å². The highest BCUT2D eigenvalue weighted by Crippen LogP contribution is 2.31. The summed E-state index contributed by atoms with van der Waals surface area (Å²) in [6.45, 7) is 2.17. The molecule has 39 heavy (non-hydrogen) atoms. The van der Waals surface area contributed by atoms with Gasteiger partial charge in [-0.05, 0) is 35.0 Å². The molecule has 2 aliphatic heterocycles. The Morgan fingerprint density at radius 1 is 0.513 bits per heavy atom. The molecular formula is C32H30N3O4+. The van der Waals surface area contributed by atoms with Gasteiger partial charge in [0.25, 0.3) is 23.6 Å². The van der Waals surface area contributed by atoms with Crippen molar-refractivity contribution in [1.82, 2.24) is 9.80 Å². The van der Waals surface area contributed by atoms with Gasteiger partial charge >= 0.3 is 0 Å². The standard InChI is InChI=1S/C32H30N3O4/c1-35(2,19-7-17-33-29(36)23-13-3-9-21-10-4-14-24(27(21)23)30(33)37)20-8-18-34-31(38)25-15-5-11-22-12-6-16-26(28(22)25)32(34)39/h3-6,9-16H,7-8,17-20H2,1-2H3/q+1. The van der Waals surface area contributed by atoms with E-state index in [9.17, 15) is 19.2 Å². The van der Waals surface area contributed by atoms with Gasteiger partial charge in [-0.25, -0.2) is 0 Å². The molecular weight excluding hydrogens is 490 g/mol. The van der Waals surface area contributed by atoms with Crippen molar-refractivity contribution in [3.63, 3.8) is 0 Å².